The normalized spacial score (nSPS) is 12.6. The Morgan fingerprint density at radius 1 is 1.39 bits per heavy atom. The van der Waals surface area contributed by atoms with E-state index in [-0.39, 0.29) is 6.04 Å². The van der Waals surface area contributed by atoms with Crippen molar-refractivity contribution in [1.82, 2.24) is 25.2 Å². The molecule has 3 N–H and O–H groups in total. The van der Waals surface area contributed by atoms with E-state index in [0.29, 0.717) is 12.2 Å². The minimum absolute atomic E-state index is 0.105. The third-order valence-corrected chi connectivity index (χ3v) is 2.90. The van der Waals surface area contributed by atoms with E-state index < -0.39 is 0 Å². The maximum Gasteiger partial charge on any atom is 0.146 e. The van der Waals surface area contributed by atoms with E-state index in [1.54, 1.807) is 18.5 Å². The van der Waals surface area contributed by atoms with Gasteiger partial charge < -0.3 is 0 Å². The monoisotopic (exact) mass is 246 g/mol. The highest BCUT2D eigenvalue weighted by atomic mass is 15.3. The first-order valence-corrected chi connectivity index (χ1v) is 5.99. The molecular formula is C12H18N6. The highest BCUT2D eigenvalue weighted by Crippen LogP contribution is 2.14. The molecule has 96 valence electrons. The molecule has 18 heavy (non-hydrogen) atoms. The molecule has 2 aromatic rings. The van der Waals surface area contributed by atoms with E-state index in [0.717, 1.165) is 17.8 Å². The molecule has 6 heteroatoms. The molecule has 0 bridgehead atoms. The third-order valence-electron chi connectivity index (χ3n) is 2.90. The lowest BCUT2D eigenvalue weighted by atomic mass is 10.1. The van der Waals surface area contributed by atoms with Crippen LogP contribution in [0.1, 0.15) is 30.2 Å². The van der Waals surface area contributed by atoms with Crippen LogP contribution in [-0.2, 0) is 19.9 Å². The molecule has 0 fully saturated rings. The molecule has 2 rings (SSSR count). The van der Waals surface area contributed by atoms with Gasteiger partial charge in [0.2, 0.25) is 0 Å². The molecular weight excluding hydrogens is 228 g/mol. The average molecular weight is 246 g/mol. The van der Waals surface area contributed by atoms with E-state index >= 15 is 0 Å². The maximum absolute atomic E-state index is 5.58. The predicted octanol–water partition coefficient (Wildman–Crippen LogP) is 0.520. The van der Waals surface area contributed by atoms with Gasteiger partial charge in [-0.05, 0) is 18.6 Å². The minimum atomic E-state index is -0.105. The van der Waals surface area contributed by atoms with E-state index in [9.17, 15) is 0 Å². The Balaban J connectivity index is 2.18. The zero-order valence-corrected chi connectivity index (χ0v) is 10.7. The van der Waals surface area contributed by atoms with Crippen molar-refractivity contribution < 1.29 is 0 Å². The molecule has 0 radical (unpaired) electrons. The second kappa shape index (κ2) is 5.70. The van der Waals surface area contributed by atoms with Crippen LogP contribution in [0.4, 0.5) is 0 Å². The Kier molecular flexibility index (Phi) is 4.01. The van der Waals surface area contributed by atoms with Crippen molar-refractivity contribution >= 4 is 0 Å². The number of aromatic nitrogens is 4. The van der Waals surface area contributed by atoms with Gasteiger partial charge in [0.25, 0.3) is 0 Å². The number of hydrogen-bond donors (Lipinski definition) is 2. The number of hydrazine groups is 1. The number of hydrogen-bond acceptors (Lipinski definition) is 5. The standard InChI is InChI=1S/C12H18N6/c1-3-9-7-10(18(2)17-9)8-11(16-13)12-14-5-4-6-15-12/h4-7,11,16H,3,8,13H2,1-2H3. The average Bonchev–Trinajstić information content (AvgIpc) is 2.77. The summed E-state index contributed by atoms with van der Waals surface area (Å²) in [5.74, 6) is 6.28. The summed E-state index contributed by atoms with van der Waals surface area (Å²) in [6.07, 6.45) is 5.07. The lowest BCUT2D eigenvalue weighted by molar-refractivity contribution is 0.505. The zero-order valence-electron chi connectivity index (χ0n) is 10.7. The lowest BCUT2D eigenvalue weighted by Gasteiger charge is -2.13. The van der Waals surface area contributed by atoms with Gasteiger partial charge in [0.1, 0.15) is 5.82 Å². The number of nitrogens with one attached hydrogen (secondary N) is 1. The summed E-state index contributed by atoms with van der Waals surface area (Å²) < 4.78 is 1.88. The molecule has 2 aromatic heterocycles. The summed E-state index contributed by atoms with van der Waals surface area (Å²) in [7, 11) is 1.94. The molecule has 0 spiro atoms. The summed E-state index contributed by atoms with van der Waals surface area (Å²) in [5.41, 5.74) is 4.95. The van der Waals surface area contributed by atoms with Crippen molar-refractivity contribution in [2.45, 2.75) is 25.8 Å². The van der Waals surface area contributed by atoms with E-state index in [4.69, 9.17) is 5.84 Å². The summed E-state index contributed by atoms with van der Waals surface area (Å²) in [6, 6.07) is 3.77. The van der Waals surface area contributed by atoms with Crippen LogP contribution in [0.5, 0.6) is 0 Å². The van der Waals surface area contributed by atoms with Crippen LogP contribution in [0.3, 0.4) is 0 Å². The first kappa shape index (κ1) is 12.7. The number of nitrogens with zero attached hydrogens (tertiary/aromatic N) is 4. The highest BCUT2D eigenvalue weighted by molar-refractivity contribution is 5.13. The predicted molar refractivity (Wildman–Crippen MR) is 68.4 cm³/mol. The highest BCUT2D eigenvalue weighted by Gasteiger charge is 2.15. The van der Waals surface area contributed by atoms with E-state index in [1.807, 2.05) is 11.7 Å². The first-order valence-electron chi connectivity index (χ1n) is 5.99. The van der Waals surface area contributed by atoms with Crippen molar-refractivity contribution in [2.75, 3.05) is 0 Å². The van der Waals surface area contributed by atoms with E-state index in [2.05, 4.69) is 33.5 Å². The van der Waals surface area contributed by atoms with Crippen LogP contribution < -0.4 is 11.3 Å². The molecule has 1 atom stereocenters. The SMILES string of the molecule is CCc1cc(CC(NN)c2ncccn2)n(C)n1. The number of rotatable bonds is 5. The summed E-state index contributed by atoms with van der Waals surface area (Å²) >= 11 is 0. The molecule has 0 saturated carbocycles. The Labute approximate surface area is 106 Å². The second-order valence-corrected chi connectivity index (χ2v) is 4.13. The van der Waals surface area contributed by atoms with Crippen LogP contribution in [0.15, 0.2) is 24.5 Å². The lowest BCUT2D eigenvalue weighted by Crippen LogP contribution is -2.31. The quantitative estimate of drug-likeness (QED) is 0.593. The van der Waals surface area contributed by atoms with Gasteiger partial charge >= 0.3 is 0 Å². The molecule has 0 aliphatic rings. The summed E-state index contributed by atoms with van der Waals surface area (Å²) in [5, 5.41) is 4.42. The van der Waals surface area contributed by atoms with Gasteiger partial charge in [-0.25, -0.2) is 15.4 Å². The topological polar surface area (TPSA) is 81.6 Å². The molecule has 0 aromatic carbocycles. The number of aryl methyl sites for hydroxylation is 2. The summed E-state index contributed by atoms with van der Waals surface area (Å²) in [4.78, 5) is 8.44. The minimum Gasteiger partial charge on any atom is -0.272 e. The Hall–Kier alpha value is -1.79. The van der Waals surface area contributed by atoms with Crippen molar-refractivity contribution in [3.8, 4) is 0 Å². The molecule has 1 unspecified atom stereocenters. The van der Waals surface area contributed by atoms with Crippen LogP contribution >= 0.6 is 0 Å². The molecule has 0 saturated heterocycles. The van der Waals surface area contributed by atoms with Gasteiger partial charge in [-0.2, -0.15) is 5.10 Å². The fraction of sp³-hybridized carbons (Fsp3) is 0.417. The Bertz CT molecular complexity index is 493. The van der Waals surface area contributed by atoms with Gasteiger partial charge in [0.05, 0.1) is 11.7 Å². The fourth-order valence-corrected chi connectivity index (χ4v) is 1.86. The molecule has 0 aliphatic carbocycles. The molecule has 6 nitrogen and oxygen atoms in total. The van der Waals surface area contributed by atoms with Crippen LogP contribution in [0, 0.1) is 0 Å². The van der Waals surface area contributed by atoms with Gasteiger partial charge in [0.15, 0.2) is 0 Å². The fourth-order valence-electron chi connectivity index (χ4n) is 1.86. The van der Waals surface area contributed by atoms with Gasteiger partial charge in [0, 0.05) is 31.6 Å². The van der Waals surface area contributed by atoms with Crippen LogP contribution in [0.25, 0.3) is 0 Å². The van der Waals surface area contributed by atoms with E-state index in [1.165, 1.54) is 0 Å². The van der Waals surface area contributed by atoms with Crippen molar-refractivity contribution in [3.63, 3.8) is 0 Å². The summed E-state index contributed by atoms with van der Waals surface area (Å²) in [6.45, 7) is 2.09. The zero-order chi connectivity index (χ0) is 13.0. The first-order chi connectivity index (χ1) is 8.74. The smallest absolute Gasteiger partial charge is 0.146 e. The molecule has 0 aliphatic heterocycles. The Morgan fingerprint density at radius 2 is 2.11 bits per heavy atom. The largest absolute Gasteiger partial charge is 0.272 e. The van der Waals surface area contributed by atoms with Crippen molar-refractivity contribution in [3.05, 3.63) is 41.7 Å². The third kappa shape index (κ3) is 2.72. The van der Waals surface area contributed by atoms with Crippen molar-refractivity contribution in [1.29, 1.82) is 0 Å². The van der Waals surface area contributed by atoms with Crippen LogP contribution in [-0.4, -0.2) is 19.7 Å². The van der Waals surface area contributed by atoms with Gasteiger partial charge in [-0.15, -0.1) is 0 Å². The van der Waals surface area contributed by atoms with Gasteiger partial charge in [-0.1, -0.05) is 6.92 Å². The van der Waals surface area contributed by atoms with Gasteiger partial charge in [-0.3, -0.25) is 10.5 Å². The maximum atomic E-state index is 5.58. The Morgan fingerprint density at radius 3 is 2.67 bits per heavy atom. The second-order valence-electron chi connectivity index (χ2n) is 4.13. The molecule has 0 amide bonds. The molecule has 2 heterocycles. The number of nitrogens with two attached hydrogens (primary N) is 1. The van der Waals surface area contributed by atoms with Crippen molar-refractivity contribution in [2.24, 2.45) is 12.9 Å². The van der Waals surface area contributed by atoms with Crippen LogP contribution in [0.2, 0.25) is 0 Å².